The van der Waals surface area contributed by atoms with Gasteiger partial charge >= 0.3 is 0 Å². The summed E-state index contributed by atoms with van der Waals surface area (Å²) in [7, 11) is 0. The molecule has 1 aromatic rings. The minimum absolute atomic E-state index is 0.444. The average Bonchev–Trinajstić information content (AvgIpc) is 1.89. The molecule has 2 nitrogen and oxygen atoms in total. The van der Waals surface area contributed by atoms with Crippen LogP contribution in [0.1, 0.15) is 5.56 Å². The molecule has 1 rings (SSSR count). The van der Waals surface area contributed by atoms with Gasteiger partial charge in [0.2, 0.25) is 0 Å². The molecule has 0 amide bonds. The molecule has 3 heteroatoms. The van der Waals surface area contributed by atoms with E-state index in [1.165, 1.54) is 0 Å². The van der Waals surface area contributed by atoms with Gasteiger partial charge in [-0.1, -0.05) is 12.2 Å². The SMILES string of the molecule is N#Cc1cc[c][nH]c1=S. The molecule has 0 unspecified atom stereocenters. The van der Waals surface area contributed by atoms with Gasteiger partial charge < -0.3 is 4.98 Å². The molecule has 0 saturated heterocycles. The molecule has 0 atom stereocenters. The first-order valence-corrected chi connectivity index (χ1v) is 2.75. The minimum atomic E-state index is 0.444. The zero-order valence-electron chi connectivity index (χ0n) is 4.51. The van der Waals surface area contributed by atoms with E-state index in [1.54, 1.807) is 12.1 Å². The van der Waals surface area contributed by atoms with Crippen molar-refractivity contribution in [2.75, 3.05) is 0 Å². The Labute approximate surface area is 57.8 Å². The predicted octanol–water partition coefficient (Wildman–Crippen LogP) is 1.42. The first-order valence-electron chi connectivity index (χ1n) is 2.34. The smallest absolute Gasteiger partial charge is 0.121 e. The van der Waals surface area contributed by atoms with Crippen LogP contribution in [0.3, 0.4) is 0 Å². The van der Waals surface area contributed by atoms with E-state index in [0.29, 0.717) is 10.2 Å². The maximum atomic E-state index is 8.37. The van der Waals surface area contributed by atoms with E-state index < -0.39 is 0 Å². The second-order valence-corrected chi connectivity index (χ2v) is 1.87. The van der Waals surface area contributed by atoms with E-state index in [0.717, 1.165) is 0 Å². The zero-order chi connectivity index (χ0) is 6.69. The second kappa shape index (κ2) is 2.42. The Hall–Kier alpha value is -1.14. The van der Waals surface area contributed by atoms with Crippen LogP contribution in [0.15, 0.2) is 12.1 Å². The summed E-state index contributed by atoms with van der Waals surface area (Å²) in [5, 5.41) is 8.37. The van der Waals surface area contributed by atoms with Crippen LogP contribution in [0.5, 0.6) is 0 Å². The highest BCUT2D eigenvalue weighted by atomic mass is 32.1. The third-order valence-corrected chi connectivity index (χ3v) is 1.21. The number of aromatic amines is 1. The standard InChI is InChI=1S/C6H3N2S/c7-4-5-2-1-3-8-6(5)9/h1-2H,(H,8,9). The fourth-order valence-corrected chi connectivity index (χ4v) is 0.636. The number of nitriles is 1. The van der Waals surface area contributed by atoms with Crippen LogP contribution in [0, 0.1) is 22.2 Å². The zero-order valence-corrected chi connectivity index (χ0v) is 5.33. The van der Waals surface area contributed by atoms with E-state index in [9.17, 15) is 0 Å². The molecule has 0 aromatic carbocycles. The average molecular weight is 135 g/mol. The molecule has 1 heterocycles. The number of H-pyrrole nitrogens is 1. The van der Waals surface area contributed by atoms with Crippen molar-refractivity contribution in [1.82, 2.24) is 4.98 Å². The van der Waals surface area contributed by atoms with Gasteiger partial charge in [0.15, 0.2) is 0 Å². The van der Waals surface area contributed by atoms with Gasteiger partial charge in [-0.2, -0.15) is 5.26 Å². The Bertz CT molecular complexity index is 294. The first-order chi connectivity index (χ1) is 4.34. The number of hydrogen-bond acceptors (Lipinski definition) is 2. The molecule has 0 spiro atoms. The van der Waals surface area contributed by atoms with Crippen LogP contribution < -0.4 is 0 Å². The fourth-order valence-electron chi connectivity index (χ4n) is 0.463. The summed E-state index contributed by atoms with van der Waals surface area (Å²) >= 11 is 4.74. The second-order valence-electron chi connectivity index (χ2n) is 1.46. The molecule has 0 bridgehead atoms. The van der Waals surface area contributed by atoms with Gasteiger partial charge in [0.25, 0.3) is 0 Å². The Balaban J connectivity index is 3.38. The fraction of sp³-hybridized carbons (Fsp3) is 0. The normalized spacial score (nSPS) is 8.33. The predicted molar refractivity (Wildman–Crippen MR) is 35.2 cm³/mol. The highest BCUT2D eigenvalue weighted by molar-refractivity contribution is 7.71. The van der Waals surface area contributed by atoms with Crippen molar-refractivity contribution >= 4 is 12.2 Å². The molecule has 1 aromatic heterocycles. The Morgan fingerprint density at radius 1 is 1.78 bits per heavy atom. The molecular formula is C6H3N2S. The number of hydrogen-bond donors (Lipinski definition) is 1. The highest BCUT2D eigenvalue weighted by Crippen LogP contribution is 1.94. The van der Waals surface area contributed by atoms with E-state index >= 15 is 0 Å². The molecule has 1 radical (unpaired) electrons. The Morgan fingerprint density at radius 2 is 2.56 bits per heavy atom. The maximum absolute atomic E-state index is 8.37. The Morgan fingerprint density at radius 3 is 3.00 bits per heavy atom. The molecule has 0 saturated carbocycles. The molecule has 1 N–H and O–H groups in total. The third-order valence-electron chi connectivity index (χ3n) is 0.884. The van der Waals surface area contributed by atoms with Crippen LogP contribution in [-0.4, -0.2) is 4.98 Å². The van der Waals surface area contributed by atoms with Crippen molar-refractivity contribution in [3.63, 3.8) is 0 Å². The lowest BCUT2D eigenvalue weighted by Crippen LogP contribution is -1.77. The van der Waals surface area contributed by atoms with Crippen LogP contribution in [0.2, 0.25) is 0 Å². The monoisotopic (exact) mass is 135 g/mol. The Kier molecular flexibility index (Phi) is 1.61. The highest BCUT2D eigenvalue weighted by Gasteiger charge is 1.87. The van der Waals surface area contributed by atoms with Gasteiger partial charge in [-0.3, -0.25) is 0 Å². The summed E-state index contributed by atoms with van der Waals surface area (Å²) in [5.74, 6) is 0. The van der Waals surface area contributed by atoms with Gasteiger partial charge in [0.1, 0.15) is 10.7 Å². The van der Waals surface area contributed by atoms with Gasteiger partial charge in [0.05, 0.1) is 11.8 Å². The minimum Gasteiger partial charge on any atom is -0.344 e. The lowest BCUT2D eigenvalue weighted by molar-refractivity contribution is 1.26. The maximum Gasteiger partial charge on any atom is 0.121 e. The summed E-state index contributed by atoms with van der Waals surface area (Å²) in [6.45, 7) is 0. The number of nitrogens with one attached hydrogen (secondary N) is 1. The van der Waals surface area contributed by atoms with E-state index in [4.69, 9.17) is 17.5 Å². The summed E-state index contributed by atoms with van der Waals surface area (Å²) in [6.07, 6.45) is 2.66. The van der Waals surface area contributed by atoms with Crippen LogP contribution >= 0.6 is 12.2 Å². The van der Waals surface area contributed by atoms with E-state index in [1.807, 2.05) is 6.07 Å². The number of rotatable bonds is 0. The van der Waals surface area contributed by atoms with Gasteiger partial charge in [-0.05, 0) is 12.1 Å². The van der Waals surface area contributed by atoms with Gasteiger partial charge in [-0.25, -0.2) is 0 Å². The molecule has 9 heavy (non-hydrogen) atoms. The van der Waals surface area contributed by atoms with E-state index in [-0.39, 0.29) is 0 Å². The summed E-state index contributed by atoms with van der Waals surface area (Å²) < 4.78 is 0.444. The van der Waals surface area contributed by atoms with Crippen LogP contribution in [0.4, 0.5) is 0 Å². The van der Waals surface area contributed by atoms with Crippen molar-refractivity contribution in [3.8, 4) is 6.07 Å². The number of nitrogens with zero attached hydrogens (tertiary/aromatic N) is 1. The van der Waals surface area contributed by atoms with Crippen molar-refractivity contribution in [2.45, 2.75) is 0 Å². The number of aromatic nitrogens is 1. The lowest BCUT2D eigenvalue weighted by atomic mass is 10.3. The number of pyridine rings is 1. The van der Waals surface area contributed by atoms with Crippen LogP contribution in [0.25, 0.3) is 0 Å². The summed E-state index contributed by atoms with van der Waals surface area (Å²) in [4.78, 5) is 2.62. The molecule has 0 aliphatic carbocycles. The molecule has 0 fully saturated rings. The summed E-state index contributed by atoms with van der Waals surface area (Å²) in [5.41, 5.74) is 0.490. The van der Waals surface area contributed by atoms with Crippen LogP contribution in [-0.2, 0) is 0 Å². The largest absolute Gasteiger partial charge is 0.344 e. The molecule has 43 valence electrons. The third kappa shape index (κ3) is 1.15. The van der Waals surface area contributed by atoms with E-state index in [2.05, 4.69) is 11.2 Å². The molecule has 0 aliphatic heterocycles. The lowest BCUT2D eigenvalue weighted by Gasteiger charge is -1.83. The quantitative estimate of drug-likeness (QED) is 0.546. The molecule has 0 aliphatic rings. The van der Waals surface area contributed by atoms with Crippen molar-refractivity contribution in [1.29, 1.82) is 5.26 Å². The van der Waals surface area contributed by atoms with Crippen molar-refractivity contribution < 1.29 is 0 Å². The molecular weight excluding hydrogens is 132 g/mol. The first kappa shape index (κ1) is 5.99. The van der Waals surface area contributed by atoms with Crippen molar-refractivity contribution in [3.05, 3.63) is 28.5 Å². The topological polar surface area (TPSA) is 39.6 Å². The van der Waals surface area contributed by atoms with Crippen molar-refractivity contribution in [2.24, 2.45) is 0 Å². The summed E-state index contributed by atoms with van der Waals surface area (Å²) in [6, 6.07) is 5.18. The van der Waals surface area contributed by atoms with Gasteiger partial charge in [-0.15, -0.1) is 0 Å². The van der Waals surface area contributed by atoms with Gasteiger partial charge in [0, 0.05) is 0 Å².